The van der Waals surface area contributed by atoms with Gasteiger partial charge in [0.15, 0.2) is 11.5 Å². The van der Waals surface area contributed by atoms with Crippen molar-refractivity contribution in [3.05, 3.63) is 23.8 Å². The number of likely N-dealkylation sites (N-methyl/N-ethyl adjacent to an activating group) is 1. The van der Waals surface area contributed by atoms with Crippen molar-refractivity contribution < 1.29 is 14.3 Å². The van der Waals surface area contributed by atoms with Crippen LogP contribution in [-0.4, -0.2) is 37.1 Å². The first-order valence-electron chi connectivity index (χ1n) is 6.51. The Balaban J connectivity index is 2.05. The van der Waals surface area contributed by atoms with Gasteiger partial charge in [-0.1, -0.05) is 13.0 Å². The normalized spacial score (nSPS) is 14.9. The second-order valence-corrected chi connectivity index (χ2v) is 4.69. The number of benzene rings is 1. The summed E-state index contributed by atoms with van der Waals surface area (Å²) in [6, 6.07) is 5.30. The number of nitrogens with zero attached hydrogens (tertiary/aromatic N) is 1. The quantitative estimate of drug-likeness (QED) is 0.886. The Morgan fingerprint density at radius 3 is 2.74 bits per heavy atom. The maximum atomic E-state index is 11.9. The topological polar surface area (TPSA) is 64.8 Å². The molecule has 0 fully saturated rings. The molecule has 104 valence electrons. The Labute approximate surface area is 113 Å². The molecule has 19 heavy (non-hydrogen) atoms. The number of carbonyl (C=O) groups is 1. The molecule has 5 heteroatoms. The summed E-state index contributed by atoms with van der Waals surface area (Å²) >= 11 is 0. The van der Waals surface area contributed by atoms with E-state index in [1.54, 1.807) is 11.9 Å². The maximum Gasteiger partial charge on any atom is 0.239 e. The molecule has 2 N–H and O–H groups in total. The standard InChI is InChI=1S/C14H20N2O3/c1-3-11(15)14(17)16(2)9-10-4-5-12-13(8-10)19-7-6-18-12/h4-5,8,11H,3,6-7,9,15H2,1-2H3. The average molecular weight is 264 g/mol. The molecule has 1 aromatic carbocycles. The molecule has 0 bridgehead atoms. The Morgan fingerprint density at radius 1 is 1.37 bits per heavy atom. The van der Waals surface area contributed by atoms with Gasteiger partial charge in [0, 0.05) is 13.6 Å². The molecule has 2 rings (SSSR count). The highest BCUT2D eigenvalue weighted by molar-refractivity contribution is 5.81. The van der Waals surface area contributed by atoms with Gasteiger partial charge in [-0.05, 0) is 24.1 Å². The molecular weight excluding hydrogens is 244 g/mol. The second kappa shape index (κ2) is 5.93. The Morgan fingerprint density at radius 2 is 2.05 bits per heavy atom. The molecule has 1 unspecified atom stereocenters. The predicted octanol–water partition coefficient (Wildman–Crippen LogP) is 1.15. The molecule has 0 radical (unpaired) electrons. The van der Waals surface area contributed by atoms with Crippen LogP contribution in [0.25, 0.3) is 0 Å². The summed E-state index contributed by atoms with van der Waals surface area (Å²) in [6.45, 7) is 3.56. The summed E-state index contributed by atoms with van der Waals surface area (Å²) in [7, 11) is 1.76. The van der Waals surface area contributed by atoms with E-state index in [0.717, 1.165) is 17.1 Å². The second-order valence-electron chi connectivity index (χ2n) is 4.69. The number of nitrogens with two attached hydrogens (primary N) is 1. The lowest BCUT2D eigenvalue weighted by molar-refractivity contribution is -0.131. The van der Waals surface area contributed by atoms with Crippen molar-refractivity contribution in [3.8, 4) is 11.5 Å². The van der Waals surface area contributed by atoms with Crippen molar-refractivity contribution in [2.24, 2.45) is 5.73 Å². The minimum absolute atomic E-state index is 0.0441. The van der Waals surface area contributed by atoms with E-state index in [1.807, 2.05) is 25.1 Å². The van der Waals surface area contributed by atoms with Crippen LogP contribution >= 0.6 is 0 Å². The first-order valence-corrected chi connectivity index (χ1v) is 6.51. The van der Waals surface area contributed by atoms with Crippen LogP contribution in [0.2, 0.25) is 0 Å². The van der Waals surface area contributed by atoms with Crippen molar-refractivity contribution in [2.45, 2.75) is 25.9 Å². The number of hydrogen-bond donors (Lipinski definition) is 1. The monoisotopic (exact) mass is 264 g/mol. The molecule has 5 nitrogen and oxygen atoms in total. The number of fused-ring (bicyclic) bond motifs is 1. The van der Waals surface area contributed by atoms with E-state index in [-0.39, 0.29) is 5.91 Å². The summed E-state index contributed by atoms with van der Waals surface area (Å²) in [5.74, 6) is 1.45. The molecule has 1 atom stereocenters. The van der Waals surface area contributed by atoms with Gasteiger partial charge in [-0.15, -0.1) is 0 Å². The van der Waals surface area contributed by atoms with Gasteiger partial charge in [-0.2, -0.15) is 0 Å². The first kappa shape index (κ1) is 13.7. The molecule has 0 aliphatic carbocycles. The van der Waals surface area contributed by atoms with E-state index in [9.17, 15) is 4.79 Å². The molecule has 0 spiro atoms. The zero-order valence-corrected chi connectivity index (χ0v) is 11.4. The molecule has 0 saturated carbocycles. The van der Waals surface area contributed by atoms with E-state index in [4.69, 9.17) is 15.2 Å². The third kappa shape index (κ3) is 3.17. The van der Waals surface area contributed by atoms with Gasteiger partial charge in [0.1, 0.15) is 13.2 Å². The number of ether oxygens (including phenoxy) is 2. The molecular formula is C14H20N2O3. The summed E-state index contributed by atoms with van der Waals surface area (Å²) in [6.07, 6.45) is 0.643. The Hall–Kier alpha value is -1.75. The highest BCUT2D eigenvalue weighted by Crippen LogP contribution is 2.31. The van der Waals surface area contributed by atoms with Crippen LogP contribution in [0.5, 0.6) is 11.5 Å². The molecule has 1 aromatic rings. The minimum atomic E-state index is -0.429. The number of hydrogen-bond acceptors (Lipinski definition) is 4. The van der Waals surface area contributed by atoms with E-state index in [0.29, 0.717) is 26.2 Å². The van der Waals surface area contributed by atoms with E-state index in [1.165, 1.54) is 0 Å². The van der Waals surface area contributed by atoms with Gasteiger partial charge in [-0.25, -0.2) is 0 Å². The van der Waals surface area contributed by atoms with E-state index >= 15 is 0 Å². The third-order valence-corrected chi connectivity index (χ3v) is 3.16. The summed E-state index contributed by atoms with van der Waals surface area (Å²) in [5, 5.41) is 0. The highest BCUT2D eigenvalue weighted by Gasteiger charge is 2.17. The van der Waals surface area contributed by atoms with Crippen LogP contribution in [0, 0.1) is 0 Å². The van der Waals surface area contributed by atoms with Gasteiger partial charge in [-0.3, -0.25) is 4.79 Å². The lowest BCUT2D eigenvalue weighted by Crippen LogP contribution is -2.40. The molecule has 1 amide bonds. The molecule has 1 aliphatic heterocycles. The Kier molecular flexibility index (Phi) is 4.27. The SMILES string of the molecule is CCC(N)C(=O)N(C)Cc1ccc2c(c1)OCCO2. The fourth-order valence-corrected chi connectivity index (χ4v) is 2.00. The smallest absolute Gasteiger partial charge is 0.239 e. The fraction of sp³-hybridized carbons (Fsp3) is 0.500. The van der Waals surface area contributed by atoms with Crippen LogP contribution < -0.4 is 15.2 Å². The maximum absolute atomic E-state index is 11.9. The summed E-state index contributed by atoms with van der Waals surface area (Å²) < 4.78 is 11.0. The van der Waals surface area contributed by atoms with E-state index < -0.39 is 6.04 Å². The minimum Gasteiger partial charge on any atom is -0.486 e. The van der Waals surface area contributed by atoms with Crippen LogP contribution in [0.1, 0.15) is 18.9 Å². The number of amides is 1. The first-order chi connectivity index (χ1) is 9.11. The molecule has 1 heterocycles. The van der Waals surface area contributed by atoms with Gasteiger partial charge < -0.3 is 20.1 Å². The van der Waals surface area contributed by atoms with Crippen molar-refractivity contribution >= 4 is 5.91 Å². The summed E-state index contributed by atoms with van der Waals surface area (Å²) in [4.78, 5) is 13.6. The lowest BCUT2D eigenvalue weighted by Gasteiger charge is -2.22. The predicted molar refractivity (Wildman–Crippen MR) is 72.2 cm³/mol. The molecule has 1 aliphatic rings. The average Bonchev–Trinajstić information content (AvgIpc) is 2.45. The molecule has 0 saturated heterocycles. The van der Waals surface area contributed by atoms with Crippen molar-refractivity contribution in [3.63, 3.8) is 0 Å². The zero-order valence-electron chi connectivity index (χ0n) is 11.4. The molecule has 0 aromatic heterocycles. The van der Waals surface area contributed by atoms with Gasteiger partial charge in [0.05, 0.1) is 6.04 Å². The summed E-state index contributed by atoms with van der Waals surface area (Å²) in [5.41, 5.74) is 6.75. The lowest BCUT2D eigenvalue weighted by atomic mass is 10.1. The fourth-order valence-electron chi connectivity index (χ4n) is 2.00. The Bertz CT molecular complexity index is 462. The van der Waals surface area contributed by atoms with Crippen LogP contribution in [0.4, 0.5) is 0 Å². The van der Waals surface area contributed by atoms with E-state index in [2.05, 4.69) is 0 Å². The van der Waals surface area contributed by atoms with Crippen molar-refractivity contribution in [1.82, 2.24) is 4.90 Å². The van der Waals surface area contributed by atoms with Gasteiger partial charge in [0.25, 0.3) is 0 Å². The van der Waals surface area contributed by atoms with Crippen molar-refractivity contribution in [1.29, 1.82) is 0 Å². The van der Waals surface area contributed by atoms with Crippen LogP contribution in [0.15, 0.2) is 18.2 Å². The van der Waals surface area contributed by atoms with Gasteiger partial charge >= 0.3 is 0 Å². The zero-order chi connectivity index (χ0) is 13.8. The number of rotatable bonds is 4. The number of carbonyl (C=O) groups excluding carboxylic acids is 1. The van der Waals surface area contributed by atoms with Crippen molar-refractivity contribution in [2.75, 3.05) is 20.3 Å². The third-order valence-electron chi connectivity index (χ3n) is 3.16. The van der Waals surface area contributed by atoms with Gasteiger partial charge in [0.2, 0.25) is 5.91 Å². The highest BCUT2D eigenvalue weighted by atomic mass is 16.6. The van der Waals surface area contributed by atoms with Crippen LogP contribution in [0.3, 0.4) is 0 Å². The van der Waals surface area contributed by atoms with Crippen LogP contribution in [-0.2, 0) is 11.3 Å². The largest absolute Gasteiger partial charge is 0.486 e.